The van der Waals surface area contributed by atoms with Crippen LogP contribution in [0.4, 0.5) is 0 Å². The highest BCUT2D eigenvalue weighted by atomic mass is 35.5. The molecule has 1 aliphatic heterocycles. The Morgan fingerprint density at radius 1 is 1.22 bits per heavy atom. The first-order chi connectivity index (χ1) is 11.0. The second kappa shape index (κ2) is 6.16. The summed E-state index contributed by atoms with van der Waals surface area (Å²) in [7, 11) is 1.49. The fourth-order valence-corrected chi connectivity index (χ4v) is 3.36. The topological polar surface area (TPSA) is 63.7 Å². The van der Waals surface area contributed by atoms with Gasteiger partial charge in [0.1, 0.15) is 5.75 Å². The van der Waals surface area contributed by atoms with Crippen LogP contribution in [-0.4, -0.2) is 36.2 Å². The first-order valence-electron chi connectivity index (χ1n) is 7.40. The number of carbonyl (C=O) groups excluding carboxylic acids is 3. The van der Waals surface area contributed by atoms with Crippen LogP contribution >= 0.6 is 11.6 Å². The van der Waals surface area contributed by atoms with Crippen molar-refractivity contribution >= 4 is 29.2 Å². The van der Waals surface area contributed by atoms with Gasteiger partial charge in [-0.2, -0.15) is 0 Å². The largest absolute Gasteiger partial charge is 0.495 e. The molecule has 2 aliphatic rings. The van der Waals surface area contributed by atoms with Crippen molar-refractivity contribution in [1.82, 2.24) is 4.90 Å². The van der Waals surface area contributed by atoms with Gasteiger partial charge in [0.15, 0.2) is 5.78 Å². The van der Waals surface area contributed by atoms with Crippen LogP contribution in [0.5, 0.6) is 5.75 Å². The van der Waals surface area contributed by atoms with Crippen molar-refractivity contribution in [2.45, 2.75) is 12.8 Å². The number of carbonyl (C=O) groups is 3. The summed E-state index contributed by atoms with van der Waals surface area (Å²) >= 11 is 6.01. The molecule has 3 rings (SSSR count). The average molecular weight is 334 g/mol. The van der Waals surface area contributed by atoms with Gasteiger partial charge in [0.2, 0.25) is 11.8 Å². The predicted octanol–water partition coefficient (Wildman–Crippen LogP) is 2.48. The summed E-state index contributed by atoms with van der Waals surface area (Å²) in [5.41, 5.74) is 0.351. The van der Waals surface area contributed by atoms with Gasteiger partial charge < -0.3 is 4.74 Å². The number of imide groups is 1. The van der Waals surface area contributed by atoms with Crippen molar-refractivity contribution in [1.29, 1.82) is 0 Å². The van der Waals surface area contributed by atoms with Crippen molar-refractivity contribution in [3.8, 4) is 5.75 Å². The van der Waals surface area contributed by atoms with Crippen molar-refractivity contribution in [3.05, 3.63) is 40.9 Å². The lowest BCUT2D eigenvalue weighted by atomic mass is 9.85. The van der Waals surface area contributed by atoms with E-state index < -0.39 is 0 Å². The van der Waals surface area contributed by atoms with Gasteiger partial charge in [0.25, 0.3) is 0 Å². The molecule has 1 aromatic carbocycles. The number of halogens is 1. The Labute approximate surface area is 138 Å². The maximum atomic E-state index is 12.4. The quantitative estimate of drug-likeness (QED) is 0.482. The minimum Gasteiger partial charge on any atom is -0.495 e. The molecule has 2 amide bonds. The Kier molecular flexibility index (Phi) is 4.22. The fraction of sp³-hybridized carbons (Fsp3) is 0.353. The Morgan fingerprint density at radius 3 is 2.35 bits per heavy atom. The molecule has 120 valence electrons. The third kappa shape index (κ3) is 2.77. The molecule has 0 unspecified atom stereocenters. The number of fused-ring (bicyclic) bond motifs is 1. The molecule has 1 fully saturated rings. The van der Waals surface area contributed by atoms with Crippen LogP contribution in [0.15, 0.2) is 30.4 Å². The molecule has 1 aliphatic carbocycles. The molecule has 6 heteroatoms. The van der Waals surface area contributed by atoms with E-state index in [0.717, 1.165) is 4.90 Å². The third-order valence-corrected chi connectivity index (χ3v) is 4.67. The van der Waals surface area contributed by atoms with Crippen LogP contribution in [0.25, 0.3) is 0 Å². The third-order valence-electron chi connectivity index (χ3n) is 4.37. The molecular formula is C17H16ClNO4. The van der Waals surface area contributed by atoms with Gasteiger partial charge in [0, 0.05) is 5.56 Å². The summed E-state index contributed by atoms with van der Waals surface area (Å²) in [6.07, 6.45) is 4.96. The maximum Gasteiger partial charge on any atom is 0.233 e. The lowest BCUT2D eigenvalue weighted by Gasteiger charge is -2.14. The Morgan fingerprint density at radius 2 is 1.83 bits per heavy atom. The normalized spacial score (nSPS) is 23.1. The smallest absolute Gasteiger partial charge is 0.233 e. The number of allylic oxidation sites excluding steroid dienone is 2. The number of ether oxygens (including phenoxy) is 1. The van der Waals surface area contributed by atoms with Crippen molar-refractivity contribution in [2.24, 2.45) is 11.8 Å². The van der Waals surface area contributed by atoms with Gasteiger partial charge in [-0.05, 0) is 31.0 Å². The monoisotopic (exact) mass is 333 g/mol. The Bertz CT molecular complexity index is 687. The molecule has 0 N–H and O–H groups in total. The summed E-state index contributed by atoms with van der Waals surface area (Å²) in [4.78, 5) is 38.2. The van der Waals surface area contributed by atoms with E-state index in [-0.39, 0.29) is 36.0 Å². The molecule has 23 heavy (non-hydrogen) atoms. The fourth-order valence-electron chi connectivity index (χ4n) is 3.10. The number of ketones is 1. The summed E-state index contributed by atoms with van der Waals surface area (Å²) < 4.78 is 5.04. The van der Waals surface area contributed by atoms with Gasteiger partial charge in [-0.3, -0.25) is 19.3 Å². The van der Waals surface area contributed by atoms with Gasteiger partial charge in [0.05, 0.1) is 30.5 Å². The molecular weight excluding hydrogens is 318 g/mol. The molecule has 5 nitrogen and oxygen atoms in total. The summed E-state index contributed by atoms with van der Waals surface area (Å²) in [6.45, 7) is -0.243. The van der Waals surface area contributed by atoms with Crippen molar-refractivity contribution in [3.63, 3.8) is 0 Å². The molecule has 2 atom stereocenters. The molecule has 0 bridgehead atoms. The van der Waals surface area contributed by atoms with Crippen LogP contribution in [0.2, 0.25) is 5.02 Å². The number of nitrogens with zero attached hydrogens (tertiary/aromatic N) is 1. The van der Waals surface area contributed by atoms with E-state index in [1.807, 2.05) is 12.2 Å². The highest BCUT2D eigenvalue weighted by Crippen LogP contribution is 2.35. The van der Waals surface area contributed by atoms with Crippen LogP contribution < -0.4 is 4.74 Å². The van der Waals surface area contributed by atoms with Crippen LogP contribution in [0.1, 0.15) is 23.2 Å². The summed E-state index contributed by atoms with van der Waals surface area (Å²) in [6, 6.07) is 4.65. The maximum absolute atomic E-state index is 12.4. The number of hydrogen-bond acceptors (Lipinski definition) is 4. The van der Waals surface area contributed by atoms with Crippen LogP contribution in [-0.2, 0) is 9.59 Å². The molecule has 0 radical (unpaired) electrons. The number of likely N-dealkylation sites (tertiary alicyclic amines) is 1. The number of amides is 2. The lowest BCUT2D eigenvalue weighted by Crippen LogP contribution is -2.36. The Hall–Kier alpha value is -2.14. The number of rotatable bonds is 4. The SMILES string of the molecule is COc1ccc(C(=O)CN2C(=O)[C@H]3CC=CC[C@H]3C2=O)cc1Cl. The van der Waals surface area contributed by atoms with E-state index in [0.29, 0.717) is 29.2 Å². The first kappa shape index (κ1) is 15.7. The van der Waals surface area contributed by atoms with Crippen LogP contribution in [0, 0.1) is 11.8 Å². The Balaban J connectivity index is 1.77. The molecule has 0 saturated carbocycles. The van der Waals surface area contributed by atoms with E-state index in [1.165, 1.54) is 13.2 Å². The summed E-state index contributed by atoms with van der Waals surface area (Å²) in [5.74, 6) is -0.995. The molecule has 0 spiro atoms. The van der Waals surface area contributed by atoms with E-state index >= 15 is 0 Å². The van der Waals surface area contributed by atoms with E-state index in [2.05, 4.69) is 0 Å². The van der Waals surface area contributed by atoms with E-state index in [1.54, 1.807) is 12.1 Å². The standard InChI is InChI=1S/C17H16ClNO4/c1-23-15-7-6-10(8-13(15)18)14(20)9-19-16(21)11-4-2-3-5-12(11)17(19)22/h2-3,6-8,11-12H,4-5,9H2,1H3/t11-,12+. The zero-order valence-corrected chi connectivity index (χ0v) is 13.4. The lowest BCUT2D eigenvalue weighted by molar-refractivity contribution is -0.139. The first-order valence-corrected chi connectivity index (χ1v) is 7.77. The highest BCUT2D eigenvalue weighted by molar-refractivity contribution is 6.32. The zero-order chi connectivity index (χ0) is 16.6. The average Bonchev–Trinajstić information content (AvgIpc) is 2.80. The number of methoxy groups -OCH3 is 1. The van der Waals surface area contributed by atoms with Gasteiger partial charge in [-0.1, -0.05) is 23.8 Å². The molecule has 0 aromatic heterocycles. The number of Topliss-reactive ketones (excluding diaryl/α,β-unsaturated/α-hetero) is 1. The molecule has 1 aromatic rings. The number of hydrogen-bond donors (Lipinski definition) is 0. The zero-order valence-electron chi connectivity index (χ0n) is 12.6. The molecule has 1 heterocycles. The number of benzene rings is 1. The van der Waals surface area contributed by atoms with Crippen molar-refractivity contribution < 1.29 is 19.1 Å². The predicted molar refractivity (Wildman–Crippen MR) is 84.4 cm³/mol. The second-order valence-corrected chi connectivity index (χ2v) is 6.10. The second-order valence-electron chi connectivity index (χ2n) is 5.69. The highest BCUT2D eigenvalue weighted by Gasteiger charge is 2.47. The van der Waals surface area contributed by atoms with Crippen LogP contribution in [0.3, 0.4) is 0 Å². The van der Waals surface area contributed by atoms with Gasteiger partial charge >= 0.3 is 0 Å². The van der Waals surface area contributed by atoms with Gasteiger partial charge in [-0.25, -0.2) is 0 Å². The minimum atomic E-state index is -0.320. The van der Waals surface area contributed by atoms with Gasteiger partial charge in [-0.15, -0.1) is 0 Å². The molecule has 1 saturated heterocycles. The van der Waals surface area contributed by atoms with Crippen molar-refractivity contribution in [2.75, 3.05) is 13.7 Å². The summed E-state index contributed by atoms with van der Waals surface area (Å²) in [5, 5.41) is 0.315. The minimum absolute atomic E-state index is 0.243. The van der Waals surface area contributed by atoms with E-state index in [4.69, 9.17) is 16.3 Å². The van der Waals surface area contributed by atoms with E-state index in [9.17, 15) is 14.4 Å².